The maximum Gasteiger partial charge on any atom is 0.262 e. The van der Waals surface area contributed by atoms with E-state index in [0.717, 1.165) is 26.8 Å². The van der Waals surface area contributed by atoms with E-state index in [1.54, 1.807) is 11.1 Å². The van der Waals surface area contributed by atoms with Crippen molar-refractivity contribution in [1.29, 1.82) is 0 Å². The fraction of sp³-hybridized carbons (Fsp3) is 0. The van der Waals surface area contributed by atoms with E-state index in [4.69, 9.17) is 0 Å². The summed E-state index contributed by atoms with van der Waals surface area (Å²) >= 11 is 3.46. The maximum absolute atomic E-state index is 13.4. The quantitative estimate of drug-likeness (QED) is 0.422. The Morgan fingerprint density at radius 3 is 2.31 bits per heavy atom. The molecule has 0 radical (unpaired) electrons. The summed E-state index contributed by atoms with van der Waals surface area (Å²) < 4.78 is 0.962. The summed E-state index contributed by atoms with van der Waals surface area (Å²) in [6, 6.07) is 26.8. The van der Waals surface area contributed by atoms with Crippen molar-refractivity contribution < 1.29 is 4.79 Å². The first kappa shape index (κ1) is 16.5. The Bertz CT molecular complexity index is 1060. The van der Waals surface area contributed by atoms with Gasteiger partial charge in [-0.25, -0.2) is 0 Å². The topological polar surface area (TPSA) is 33.2 Å². The van der Waals surface area contributed by atoms with Crippen molar-refractivity contribution in [2.24, 2.45) is 0 Å². The van der Waals surface area contributed by atoms with Gasteiger partial charge < -0.3 is 0 Å². The zero-order valence-electron chi connectivity index (χ0n) is 13.8. The SMILES string of the molecule is O=C(c1ccccc1)N(c1ccc(Br)cc1)c1cccc2cccnc12. The van der Waals surface area contributed by atoms with Crippen LogP contribution in [0.5, 0.6) is 0 Å². The van der Waals surface area contributed by atoms with Crippen LogP contribution in [0.15, 0.2) is 95.6 Å². The summed E-state index contributed by atoms with van der Waals surface area (Å²) in [4.78, 5) is 19.6. The summed E-state index contributed by atoms with van der Waals surface area (Å²) in [6.07, 6.45) is 1.75. The standard InChI is InChI=1S/C22H15BrN2O/c23-18-11-13-19(14-12-18)25(22(26)17-6-2-1-3-7-17)20-10-4-8-16-9-5-15-24-21(16)20/h1-15H. The van der Waals surface area contributed by atoms with Gasteiger partial charge in [-0.3, -0.25) is 14.7 Å². The van der Waals surface area contributed by atoms with E-state index in [9.17, 15) is 4.79 Å². The van der Waals surface area contributed by atoms with Gasteiger partial charge in [0.05, 0.1) is 11.2 Å². The van der Waals surface area contributed by atoms with Crippen molar-refractivity contribution in [3.8, 4) is 0 Å². The van der Waals surface area contributed by atoms with Gasteiger partial charge in [0, 0.05) is 27.3 Å². The van der Waals surface area contributed by atoms with Gasteiger partial charge in [-0.2, -0.15) is 0 Å². The predicted molar refractivity (Wildman–Crippen MR) is 109 cm³/mol. The van der Waals surface area contributed by atoms with Gasteiger partial charge in [-0.05, 0) is 48.5 Å². The second kappa shape index (κ2) is 7.10. The number of hydrogen-bond donors (Lipinski definition) is 0. The molecule has 0 aliphatic heterocycles. The smallest absolute Gasteiger partial charge is 0.262 e. The van der Waals surface area contributed by atoms with E-state index in [1.165, 1.54) is 0 Å². The summed E-state index contributed by atoms with van der Waals surface area (Å²) in [5.74, 6) is -0.0916. The Morgan fingerprint density at radius 1 is 0.808 bits per heavy atom. The lowest BCUT2D eigenvalue weighted by atomic mass is 10.1. The fourth-order valence-electron chi connectivity index (χ4n) is 2.93. The summed E-state index contributed by atoms with van der Waals surface area (Å²) in [7, 11) is 0. The molecule has 0 unspecified atom stereocenters. The number of aromatic nitrogens is 1. The number of hydrogen-bond acceptors (Lipinski definition) is 2. The third kappa shape index (κ3) is 3.11. The molecular formula is C22H15BrN2O. The lowest BCUT2D eigenvalue weighted by Crippen LogP contribution is -2.26. The molecule has 0 fully saturated rings. The zero-order valence-corrected chi connectivity index (χ0v) is 15.4. The predicted octanol–water partition coefficient (Wildman–Crippen LogP) is 5.98. The van der Waals surface area contributed by atoms with E-state index in [1.807, 2.05) is 84.9 Å². The van der Waals surface area contributed by atoms with Crippen molar-refractivity contribution in [1.82, 2.24) is 4.98 Å². The van der Waals surface area contributed by atoms with E-state index in [0.29, 0.717) is 5.56 Å². The highest BCUT2D eigenvalue weighted by atomic mass is 79.9. The lowest BCUT2D eigenvalue weighted by Gasteiger charge is -2.24. The molecule has 3 nitrogen and oxygen atoms in total. The van der Waals surface area contributed by atoms with Gasteiger partial charge in [0.25, 0.3) is 5.91 Å². The highest BCUT2D eigenvalue weighted by molar-refractivity contribution is 9.10. The molecule has 0 saturated carbocycles. The highest BCUT2D eigenvalue weighted by Gasteiger charge is 2.22. The van der Waals surface area contributed by atoms with Gasteiger partial charge in [0.2, 0.25) is 0 Å². The third-order valence-corrected chi connectivity index (χ3v) is 4.69. The molecule has 4 heteroatoms. The number of halogens is 1. The van der Waals surface area contributed by atoms with Gasteiger partial charge in [0.15, 0.2) is 0 Å². The van der Waals surface area contributed by atoms with E-state index in [2.05, 4.69) is 20.9 Å². The van der Waals surface area contributed by atoms with E-state index >= 15 is 0 Å². The Balaban J connectivity index is 1.93. The minimum absolute atomic E-state index is 0.0916. The number of carbonyl (C=O) groups is 1. The molecule has 0 aliphatic rings. The molecule has 0 aliphatic carbocycles. The van der Waals surface area contributed by atoms with Gasteiger partial charge >= 0.3 is 0 Å². The zero-order chi connectivity index (χ0) is 17.9. The van der Waals surface area contributed by atoms with Crippen LogP contribution < -0.4 is 4.90 Å². The Labute approximate surface area is 160 Å². The summed E-state index contributed by atoms with van der Waals surface area (Å²) in [5.41, 5.74) is 2.98. The number of benzene rings is 3. The number of pyridine rings is 1. The normalized spacial score (nSPS) is 10.7. The molecule has 0 atom stereocenters. The van der Waals surface area contributed by atoms with Gasteiger partial charge in [0.1, 0.15) is 0 Å². The van der Waals surface area contributed by atoms with Crippen LogP contribution in [0.4, 0.5) is 11.4 Å². The van der Waals surface area contributed by atoms with Crippen LogP contribution in [-0.2, 0) is 0 Å². The van der Waals surface area contributed by atoms with Crippen LogP contribution in [0.25, 0.3) is 10.9 Å². The van der Waals surface area contributed by atoms with Crippen LogP contribution in [0.2, 0.25) is 0 Å². The minimum Gasteiger partial charge on any atom is -0.275 e. The molecule has 126 valence electrons. The molecule has 0 saturated heterocycles. The van der Waals surface area contributed by atoms with E-state index < -0.39 is 0 Å². The third-order valence-electron chi connectivity index (χ3n) is 4.16. The molecular weight excluding hydrogens is 388 g/mol. The van der Waals surface area contributed by atoms with Crippen molar-refractivity contribution >= 4 is 44.1 Å². The first-order chi connectivity index (χ1) is 12.7. The van der Waals surface area contributed by atoms with Crippen molar-refractivity contribution in [2.75, 3.05) is 4.90 Å². The molecule has 3 aromatic carbocycles. The Hall–Kier alpha value is -2.98. The molecule has 4 rings (SSSR count). The second-order valence-electron chi connectivity index (χ2n) is 5.84. The van der Waals surface area contributed by atoms with Crippen molar-refractivity contribution in [3.05, 3.63) is 101 Å². The van der Waals surface area contributed by atoms with Crippen LogP contribution >= 0.6 is 15.9 Å². The lowest BCUT2D eigenvalue weighted by molar-refractivity contribution is 0.0999. The molecule has 4 aromatic rings. The van der Waals surface area contributed by atoms with Crippen molar-refractivity contribution in [2.45, 2.75) is 0 Å². The molecule has 1 aromatic heterocycles. The Morgan fingerprint density at radius 2 is 1.54 bits per heavy atom. The average Bonchev–Trinajstić information content (AvgIpc) is 2.70. The monoisotopic (exact) mass is 402 g/mol. The van der Waals surface area contributed by atoms with Crippen LogP contribution in [0.3, 0.4) is 0 Å². The number of fused-ring (bicyclic) bond motifs is 1. The summed E-state index contributed by atoms with van der Waals surface area (Å²) in [6.45, 7) is 0. The molecule has 0 spiro atoms. The van der Waals surface area contributed by atoms with Gasteiger partial charge in [-0.15, -0.1) is 0 Å². The number of para-hydroxylation sites is 1. The van der Waals surface area contributed by atoms with Crippen LogP contribution in [0, 0.1) is 0 Å². The Kier molecular flexibility index (Phi) is 4.50. The van der Waals surface area contributed by atoms with Crippen LogP contribution in [0.1, 0.15) is 10.4 Å². The van der Waals surface area contributed by atoms with Gasteiger partial charge in [-0.1, -0.05) is 52.3 Å². The van der Waals surface area contributed by atoms with E-state index in [-0.39, 0.29) is 5.91 Å². The minimum atomic E-state index is -0.0916. The number of carbonyl (C=O) groups excluding carboxylic acids is 1. The molecule has 0 N–H and O–H groups in total. The first-order valence-corrected chi connectivity index (χ1v) is 9.02. The largest absolute Gasteiger partial charge is 0.275 e. The second-order valence-corrected chi connectivity index (χ2v) is 6.75. The average molecular weight is 403 g/mol. The van der Waals surface area contributed by atoms with Crippen molar-refractivity contribution in [3.63, 3.8) is 0 Å². The number of amides is 1. The fourth-order valence-corrected chi connectivity index (χ4v) is 3.20. The molecule has 26 heavy (non-hydrogen) atoms. The number of anilines is 2. The summed E-state index contributed by atoms with van der Waals surface area (Å²) in [5, 5.41) is 0.993. The number of rotatable bonds is 3. The number of nitrogens with zero attached hydrogens (tertiary/aromatic N) is 2. The molecule has 1 heterocycles. The highest BCUT2D eigenvalue weighted by Crippen LogP contribution is 2.33. The van der Waals surface area contributed by atoms with Crippen LogP contribution in [-0.4, -0.2) is 10.9 Å². The first-order valence-electron chi connectivity index (χ1n) is 8.23. The molecule has 1 amide bonds. The maximum atomic E-state index is 13.4. The molecule has 0 bridgehead atoms.